The van der Waals surface area contributed by atoms with Crippen LogP contribution in [0.15, 0.2) is 24.3 Å². The van der Waals surface area contributed by atoms with Gasteiger partial charge in [-0.25, -0.2) is 0 Å². The number of hydrogen-bond donors (Lipinski definition) is 1. The van der Waals surface area contributed by atoms with Crippen molar-refractivity contribution in [3.05, 3.63) is 35.4 Å². The third-order valence-corrected chi connectivity index (χ3v) is 5.71. The second-order valence-electron chi connectivity index (χ2n) is 5.59. The lowest BCUT2D eigenvalue weighted by atomic mass is 10.0. The third-order valence-electron chi connectivity index (χ3n) is 3.64. The van der Waals surface area contributed by atoms with Crippen LogP contribution in [0.2, 0.25) is 0 Å². The molecule has 0 bridgehead atoms. The van der Waals surface area contributed by atoms with Gasteiger partial charge in [-0.2, -0.15) is 0 Å². The van der Waals surface area contributed by atoms with Gasteiger partial charge in [-0.1, -0.05) is 58.4 Å². The largest absolute Gasteiger partial charge is 0.323 e. The van der Waals surface area contributed by atoms with Crippen LogP contribution in [0.3, 0.4) is 0 Å². The van der Waals surface area contributed by atoms with Gasteiger partial charge in [0.25, 0.3) is 0 Å². The van der Waals surface area contributed by atoms with Crippen molar-refractivity contribution in [3.8, 4) is 0 Å². The average Bonchev–Trinajstić information content (AvgIpc) is 2.38. The average molecular weight is 281 g/mol. The van der Waals surface area contributed by atoms with Crippen molar-refractivity contribution in [3.63, 3.8) is 0 Å². The molecule has 0 aromatic heterocycles. The highest BCUT2D eigenvalue weighted by Crippen LogP contribution is 2.17. The molecule has 3 heteroatoms. The standard InChI is InChI=1S/C16H27NOS/c1-5-6-14-7-9-15(10-8-14)16(17)11-19(18)13(4)12(2)3/h7-10,12-13,16H,5-6,11,17H2,1-4H3. The molecule has 19 heavy (non-hydrogen) atoms. The molecule has 0 aliphatic carbocycles. The predicted octanol–water partition coefficient (Wildman–Crippen LogP) is 3.43. The van der Waals surface area contributed by atoms with Gasteiger partial charge in [0, 0.05) is 27.8 Å². The summed E-state index contributed by atoms with van der Waals surface area (Å²) in [5.74, 6) is 0.979. The van der Waals surface area contributed by atoms with Crippen molar-refractivity contribution in [1.82, 2.24) is 0 Å². The molecular formula is C16H27NOS. The van der Waals surface area contributed by atoms with Crippen molar-refractivity contribution in [1.29, 1.82) is 0 Å². The number of rotatable bonds is 7. The zero-order valence-electron chi connectivity index (χ0n) is 12.6. The molecular weight excluding hydrogens is 254 g/mol. The fourth-order valence-corrected chi connectivity index (χ4v) is 3.41. The Morgan fingerprint density at radius 3 is 2.21 bits per heavy atom. The lowest BCUT2D eigenvalue weighted by Gasteiger charge is -2.18. The first-order chi connectivity index (χ1) is 8.95. The molecule has 3 atom stereocenters. The van der Waals surface area contributed by atoms with Crippen LogP contribution in [0.25, 0.3) is 0 Å². The monoisotopic (exact) mass is 281 g/mol. The maximum absolute atomic E-state index is 12.2. The molecule has 0 saturated carbocycles. The summed E-state index contributed by atoms with van der Waals surface area (Å²) in [6.07, 6.45) is 2.26. The molecule has 2 N–H and O–H groups in total. The molecule has 1 aromatic carbocycles. The maximum atomic E-state index is 12.2. The van der Waals surface area contributed by atoms with Crippen LogP contribution in [0, 0.1) is 5.92 Å². The molecule has 0 amide bonds. The molecule has 1 aromatic rings. The highest BCUT2D eigenvalue weighted by molar-refractivity contribution is 7.85. The molecule has 2 nitrogen and oxygen atoms in total. The van der Waals surface area contributed by atoms with Crippen molar-refractivity contribution >= 4 is 10.8 Å². The van der Waals surface area contributed by atoms with Gasteiger partial charge in [0.05, 0.1) is 0 Å². The predicted molar refractivity (Wildman–Crippen MR) is 84.7 cm³/mol. The van der Waals surface area contributed by atoms with Crippen molar-refractivity contribution in [2.75, 3.05) is 5.75 Å². The Balaban J connectivity index is 2.62. The van der Waals surface area contributed by atoms with E-state index in [0.717, 1.165) is 18.4 Å². The van der Waals surface area contributed by atoms with Gasteiger partial charge in [-0.3, -0.25) is 4.21 Å². The van der Waals surface area contributed by atoms with Gasteiger partial charge in [0.1, 0.15) is 0 Å². The van der Waals surface area contributed by atoms with Crippen LogP contribution >= 0.6 is 0 Å². The number of aryl methyl sites for hydroxylation is 1. The molecule has 3 unspecified atom stereocenters. The fourth-order valence-electron chi connectivity index (χ4n) is 1.95. The van der Waals surface area contributed by atoms with E-state index in [9.17, 15) is 4.21 Å². The Morgan fingerprint density at radius 1 is 1.16 bits per heavy atom. The molecule has 0 heterocycles. The van der Waals surface area contributed by atoms with E-state index in [2.05, 4.69) is 45.0 Å². The van der Waals surface area contributed by atoms with Crippen molar-refractivity contribution < 1.29 is 4.21 Å². The third kappa shape index (κ3) is 5.07. The normalized spacial score (nSPS) is 16.3. The molecule has 0 fully saturated rings. The second-order valence-corrected chi connectivity index (χ2v) is 7.43. The first-order valence-corrected chi connectivity index (χ1v) is 8.55. The van der Waals surface area contributed by atoms with E-state index in [1.165, 1.54) is 5.56 Å². The summed E-state index contributed by atoms with van der Waals surface area (Å²) in [6.45, 7) is 8.43. The first-order valence-electron chi connectivity index (χ1n) is 7.17. The quantitative estimate of drug-likeness (QED) is 0.832. The first kappa shape index (κ1) is 16.4. The maximum Gasteiger partial charge on any atom is 0.0431 e. The Kier molecular flexibility index (Phi) is 6.73. The van der Waals surface area contributed by atoms with Crippen LogP contribution in [0.5, 0.6) is 0 Å². The number of hydrogen-bond acceptors (Lipinski definition) is 2. The van der Waals surface area contributed by atoms with Gasteiger partial charge in [0.2, 0.25) is 0 Å². The molecule has 0 radical (unpaired) electrons. The summed E-state index contributed by atoms with van der Waals surface area (Å²) in [5, 5.41) is 0.199. The van der Waals surface area contributed by atoms with Crippen LogP contribution in [-0.2, 0) is 17.2 Å². The van der Waals surface area contributed by atoms with Crippen LogP contribution in [0.1, 0.15) is 51.3 Å². The molecule has 0 aliphatic rings. The second kappa shape index (κ2) is 7.81. The van der Waals surface area contributed by atoms with E-state index in [-0.39, 0.29) is 11.3 Å². The topological polar surface area (TPSA) is 43.1 Å². The smallest absolute Gasteiger partial charge is 0.0431 e. The molecule has 108 valence electrons. The lowest BCUT2D eigenvalue weighted by molar-refractivity contribution is 0.601. The minimum Gasteiger partial charge on any atom is -0.323 e. The minimum atomic E-state index is -0.859. The van der Waals surface area contributed by atoms with Gasteiger partial charge in [0.15, 0.2) is 0 Å². The summed E-state index contributed by atoms with van der Waals surface area (Å²) >= 11 is 0. The van der Waals surface area contributed by atoms with E-state index in [1.807, 2.05) is 6.92 Å². The Hall–Kier alpha value is -0.670. The zero-order valence-corrected chi connectivity index (χ0v) is 13.4. The lowest BCUT2D eigenvalue weighted by Crippen LogP contribution is -2.26. The summed E-state index contributed by atoms with van der Waals surface area (Å²) in [4.78, 5) is 0. The summed E-state index contributed by atoms with van der Waals surface area (Å²) in [5.41, 5.74) is 8.59. The summed E-state index contributed by atoms with van der Waals surface area (Å²) in [6, 6.07) is 8.29. The van der Waals surface area contributed by atoms with Crippen molar-refractivity contribution in [2.45, 2.75) is 51.8 Å². The van der Waals surface area contributed by atoms with E-state index in [1.54, 1.807) is 0 Å². The zero-order chi connectivity index (χ0) is 14.4. The van der Waals surface area contributed by atoms with Gasteiger partial charge < -0.3 is 5.73 Å². The van der Waals surface area contributed by atoms with Crippen LogP contribution in [0.4, 0.5) is 0 Å². The van der Waals surface area contributed by atoms with E-state index >= 15 is 0 Å². The highest BCUT2D eigenvalue weighted by Gasteiger charge is 2.18. The molecule has 0 aliphatic heterocycles. The number of benzene rings is 1. The Morgan fingerprint density at radius 2 is 1.74 bits per heavy atom. The Labute approximate surface area is 120 Å². The fraction of sp³-hybridized carbons (Fsp3) is 0.625. The molecule has 0 spiro atoms. The van der Waals surface area contributed by atoms with Gasteiger partial charge >= 0.3 is 0 Å². The van der Waals surface area contributed by atoms with Crippen LogP contribution in [-0.4, -0.2) is 15.2 Å². The summed E-state index contributed by atoms with van der Waals surface area (Å²) in [7, 11) is -0.859. The molecule has 1 rings (SSSR count). The van der Waals surface area contributed by atoms with Gasteiger partial charge in [-0.05, 0) is 23.5 Å². The van der Waals surface area contributed by atoms with Crippen molar-refractivity contribution in [2.24, 2.45) is 11.7 Å². The summed E-state index contributed by atoms with van der Waals surface area (Å²) < 4.78 is 12.2. The van der Waals surface area contributed by atoms with Crippen LogP contribution < -0.4 is 5.73 Å². The van der Waals surface area contributed by atoms with E-state index < -0.39 is 10.8 Å². The van der Waals surface area contributed by atoms with E-state index in [0.29, 0.717) is 11.7 Å². The minimum absolute atomic E-state index is 0.127. The highest BCUT2D eigenvalue weighted by atomic mass is 32.2. The number of nitrogens with two attached hydrogens (primary N) is 1. The molecule has 0 saturated heterocycles. The van der Waals surface area contributed by atoms with E-state index in [4.69, 9.17) is 5.73 Å². The Bertz CT molecular complexity index is 400. The SMILES string of the molecule is CCCc1ccc(C(N)CS(=O)C(C)C(C)C)cc1. The van der Waals surface area contributed by atoms with Gasteiger partial charge in [-0.15, -0.1) is 0 Å².